The summed E-state index contributed by atoms with van der Waals surface area (Å²) in [5.74, 6) is -1.25. The first-order valence-corrected chi connectivity index (χ1v) is 9.86. The van der Waals surface area contributed by atoms with E-state index in [-0.39, 0.29) is 5.88 Å². The summed E-state index contributed by atoms with van der Waals surface area (Å²) in [5, 5.41) is 19.4. The minimum absolute atomic E-state index is 0.123. The molecule has 0 saturated heterocycles. The second-order valence-corrected chi connectivity index (χ2v) is 7.13. The Balaban J connectivity index is 1.73. The molecule has 4 aromatic rings. The molecule has 166 valence electrons. The molecule has 4 rings (SSSR count). The second-order valence-electron chi connectivity index (χ2n) is 7.13. The van der Waals surface area contributed by atoms with Crippen molar-refractivity contribution in [3.05, 3.63) is 66.7 Å². The van der Waals surface area contributed by atoms with Crippen molar-refractivity contribution in [2.24, 2.45) is 0 Å². The van der Waals surface area contributed by atoms with Crippen molar-refractivity contribution < 1.29 is 29.3 Å². The molecule has 9 nitrogen and oxygen atoms in total. The van der Waals surface area contributed by atoms with Crippen molar-refractivity contribution in [1.82, 2.24) is 9.97 Å². The molecule has 0 fully saturated rings. The van der Waals surface area contributed by atoms with Crippen LogP contribution in [0.4, 0.5) is 5.69 Å². The van der Waals surface area contributed by atoms with E-state index in [0.717, 1.165) is 16.3 Å². The highest BCUT2D eigenvalue weighted by atomic mass is 16.5. The summed E-state index contributed by atoms with van der Waals surface area (Å²) < 4.78 is 10.6. The van der Waals surface area contributed by atoms with E-state index in [9.17, 15) is 9.59 Å². The summed E-state index contributed by atoms with van der Waals surface area (Å²) in [4.78, 5) is 30.7. The molecular weight excluding hydrogens is 426 g/mol. The number of carbonyl (C=O) groups is 2. The Morgan fingerprint density at radius 2 is 1.52 bits per heavy atom. The maximum absolute atomic E-state index is 11.0. The fourth-order valence-electron chi connectivity index (χ4n) is 3.21. The van der Waals surface area contributed by atoms with Crippen LogP contribution in [0.3, 0.4) is 0 Å². The lowest BCUT2D eigenvalue weighted by Gasteiger charge is -2.10. The van der Waals surface area contributed by atoms with E-state index in [2.05, 4.69) is 9.97 Å². The number of nitrogens with two attached hydrogens (primary N) is 1. The largest absolute Gasteiger partial charge is 0.482 e. The van der Waals surface area contributed by atoms with Gasteiger partial charge in [-0.25, -0.2) is 14.6 Å². The molecule has 33 heavy (non-hydrogen) atoms. The number of aliphatic carboxylic acids is 2. The van der Waals surface area contributed by atoms with Crippen LogP contribution in [0.1, 0.15) is 0 Å². The van der Waals surface area contributed by atoms with Crippen LogP contribution in [-0.4, -0.2) is 45.3 Å². The molecule has 0 bridgehead atoms. The number of aromatic nitrogens is 2. The van der Waals surface area contributed by atoms with E-state index >= 15 is 0 Å². The predicted octanol–water partition coefficient (Wildman–Crippen LogP) is 3.47. The molecular formula is C24H19N3O6. The van der Waals surface area contributed by atoms with Crippen LogP contribution < -0.4 is 15.2 Å². The van der Waals surface area contributed by atoms with Crippen molar-refractivity contribution in [3.8, 4) is 34.3 Å². The standard InChI is InChI=1S/C24H19N3O6/c25-18-3-1-2-16(9-18)20-11-21(33-13-23(30)31)27-24(26-20)17-5-4-15-10-19(32-12-22(28)29)7-6-14(15)8-17/h1-11H,12-13,25H2,(H,28,29)(H,30,31). The van der Waals surface area contributed by atoms with Crippen LogP contribution in [0.15, 0.2) is 66.7 Å². The highest BCUT2D eigenvalue weighted by Gasteiger charge is 2.12. The first-order chi connectivity index (χ1) is 15.9. The minimum atomic E-state index is -1.12. The topological polar surface area (TPSA) is 145 Å². The molecule has 1 heterocycles. The monoisotopic (exact) mass is 445 g/mol. The van der Waals surface area contributed by atoms with Gasteiger partial charge in [-0.3, -0.25) is 0 Å². The SMILES string of the molecule is Nc1cccc(-c2cc(OCC(=O)O)nc(-c3ccc4cc(OCC(=O)O)ccc4c3)n2)c1. The number of ether oxygens (including phenoxy) is 2. The van der Waals surface area contributed by atoms with Gasteiger partial charge in [-0.15, -0.1) is 0 Å². The molecule has 4 N–H and O–H groups in total. The molecule has 0 saturated carbocycles. The van der Waals surface area contributed by atoms with E-state index < -0.39 is 25.2 Å². The van der Waals surface area contributed by atoms with Crippen LogP contribution in [0.2, 0.25) is 0 Å². The molecule has 0 atom stereocenters. The van der Waals surface area contributed by atoms with E-state index in [0.29, 0.717) is 28.5 Å². The summed E-state index contributed by atoms with van der Waals surface area (Å²) >= 11 is 0. The zero-order chi connectivity index (χ0) is 23.4. The fraction of sp³-hybridized carbons (Fsp3) is 0.0833. The van der Waals surface area contributed by atoms with Gasteiger partial charge < -0.3 is 25.4 Å². The number of carboxylic acid groups (broad SMARTS) is 2. The van der Waals surface area contributed by atoms with E-state index in [4.69, 9.17) is 25.4 Å². The van der Waals surface area contributed by atoms with Crippen molar-refractivity contribution in [1.29, 1.82) is 0 Å². The lowest BCUT2D eigenvalue weighted by Crippen LogP contribution is -2.11. The average molecular weight is 445 g/mol. The zero-order valence-electron chi connectivity index (χ0n) is 17.3. The van der Waals surface area contributed by atoms with Crippen LogP contribution in [0.5, 0.6) is 11.6 Å². The van der Waals surface area contributed by atoms with Crippen LogP contribution in [0.25, 0.3) is 33.4 Å². The van der Waals surface area contributed by atoms with Crippen LogP contribution in [0, 0.1) is 0 Å². The van der Waals surface area contributed by atoms with Gasteiger partial charge in [-0.05, 0) is 41.1 Å². The van der Waals surface area contributed by atoms with Crippen molar-refractivity contribution in [2.45, 2.75) is 0 Å². The average Bonchev–Trinajstić information content (AvgIpc) is 2.80. The summed E-state index contributed by atoms with van der Waals surface area (Å²) in [6, 6.07) is 19.5. The molecule has 0 amide bonds. The van der Waals surface area contributed by atoms with Gasteiger partial charge >= 0.3 is 11.9 Å². The van der Waals surface area contributed by atoms with E-state index in [1.54, 1.807) is 42.5 Å². The summed E-state index contributed by atoms with van der Waals surface area (Å²) in [7, 11) is 0. The molecule has 0 aliphatic heterocycles. The lowest BCUT2D eigenvalue weighted by atomic mass is 10.1. The maximum atomic E-state index is 11.0. The Bertz CT molecular complexity index is 1360. The summed E-state index contributed by atoms with van der Waals surface area (Å²) in [6.45, 7) is -0.961. The number of fused-ring (bicyclic) bond motifs is 1. The van der Waals surface area contributed by atoms with E-state index in [1.165, 1.54) is 0 Å². The van der Waals surface area contributed by atoms with Crippen LogP contribution in [-0.2, 0) is 9.59 Å². The first-order valence-electron chi connectivity index (χ1n) is 9.86. The van der Waals surface area contributed by atoms with Gasteiger partial charge in [0.05, 0.1) is 5.69 Å². The highest BCUT2D eigenvalue weighted by Crippen LogP contribution is 2.29. The molecule has 1 aromatic heterocycles. The van der Waals surface area contributed by atoms with Crippen molar-refractivity contribution >= 4 is 28.4 Å². The molecule has 0 radical (unpaired) electrons. The van der Waals surface area contributed by atoms with Crippen molar-refractivity contribution in [3.63, 3.8) is 0 Å². The third-order valence-corrected chi connectivity index (χ3v) is 4.66. The fourth-order valence-corrected chi connectivity index (χ4v) is 3.21. The van der Waals surface area contributed by atoms with Gasteiger partial charge in [0.25, 0.3) is 0 Å². The molecule has 0 spiro atoms. The summed E-state index contributed by atoms with van der Waals surface area (Å²) in [6.07, 6.45) is 0. The van der Waals surface area contributed by atoms with Gasteiger partial charge in [0, 0.05) is 22.9 Å². The first kappa shape index (κ1) is 21.6. The molecule has 9 heteroatoms. The number of hydrogen-bond donors (Lipinski definition) is 3. The Kier molecular flexibility index (Phi) is 6.03. The Hall–Kier alpha value is -4.66. The number of carboxylic acids is 2. The van der Waals surface area contributed by atoms with Crippen LogP contribution >= 0.6 is 0 Å². The molecule has 0 aliphatic rings. The highest BCUT2D eigenvalue weighted by molar-refractivity contribution is 5.88. The van der Waals surface area contributed by atoms with Gasteiger partial charge in [-0.1, -0.05) is 30.3 Å². The third-order valence-electron chi connectivity index (χ3n) is 4.66. The second kappa shape index (κ2) is 9.23. The number of benzene rings is 3. The molecule has 3 aromatic carbocycles. The Labute approximate surface area is 188 Å². The van der Waals surface area contributed by atoms with Gasteiger partial charge in [0.2, 0.25) is 5.88 Å². The zero-order valence-corrected chi connectivity index (χ0v) is 17.3. The number of hydrogen-bond acceptors (Lipinski definition) is 7. The molecule has 0 aliphatic carbocycles. The Morgan fingerprint density at radius 1 is 0.788 bits per heavy atom. The van der Waals surface area contributed by atoms with Gasteiger partial charge in [-0.2, -0.15) is 4.98 Å². The number of nitrogens with zero attached hydrogens (tertiary/aromatic N) is 2. The minimum Gasteiger partial charge on any atom is -0.482 e. The number of anilines is 1. The predicted molar refractivity (Wildman–Crippen MR) is 121 cm³/mol. The third kappa shape index (κ3) is 5.34. The maximum Gasteiger partial charge on any atom is 0.341 e. The normalized spacial score (nSPS) is 10.7. The number of rotatable bonds is 8. The smallest absolute Gasteiger partial charge is 0.341 e. The number of nitrogen functional groups attached to an aromatic ring is 1. The Morgan fingerprint density at radius 3 is 2.27 bits per heavy atom. The van der Waals surface area contributed by atoms with Gasteiger partial charge in [0.1, 0.15) is 5.75 Å². The van der Waals surface area contributed by atoms with Crippen molar-refractivity contribution in [2.75, 3.05) is 18.9 Å². The van der Waals surface area contributed by atoms with E-state index in [1.807, 2.05) is 24.3 Å². The summed E-state index contributed by atoms with van der Waals surface area (Å²) in [5.41, 5.74) is 8.42. The van der Waals surface area contributed by atoms with Gasteiger partial charge in [0.15, 0.2) is 19.0 Å². The quantitative estimate of drug-likeness (QED) is 0.347. The lowest BCUT2D eigenvalue weighted by molar-refractivity contribution is -0.140. The molecule has 0 unspecified atom stereocenters.